The number of carbonyl (C=O) groups excluding carboxylic acids is 1. The van der Waals surface area contributed by atoms with E-state index in [1.807, 2.05) is 25.1 Å². The number of hydrogen-bond donors (Lipinski definition) is 1. The first kappa shape index (κ1) is 19.9. The molecule has 0 spiro atoms. The van der Waals surface area contributed by atoms with Crippen molar-refractivity contribution in [1.82, 2.24) is 4.31 Å². The van der Waals surface area contributed by atoms with Crippen LogP contribution in [0.4, 0.5) is 10.5 Å². The zero-order valence-electron chi connectivity index (χ0n) is 15.7. The molecular weight excluding hydrogens is 416 g/mol. The van der Waals surface area contributed by atoms with Crippen LogP contribution in [-0.4, -0.2) is 49.0 Å². The molecule has 2 aliphatic heterocycles. The molecule has 0 saturated carbocycles. The molecule has 0 aliphatic carbocycles. The summed E-state index contributed by atoms with van der Waals surface area (Å²) in [5, 5.41) is 10.7. The van der Waals surface area contributed by atoms with Gasteiger partial charge in [-0.25, -0.2) is 18.0 Å². The number of amides is 1. The predicted octanol–water partition coefficient (Wildman–Crippen LogP) is 3.06. The average Bonchev–Trinajstić information content (AvgIpc) is 3.20. The Morgan fingerprint density at radius 3 is 2.66 bits per heavy atom. The topological polar surface area (TPSA) is 104 Å². The van der Waals surface area contributed by atoms with Crippen LogP contribution in [0.1, 0.15) is 33.6 Å². The summed E-state index contributed by atoms with van der Waals surface area (Å²) in [5.74, 6) is -1.25. The van der Waals surface area contributed by atoms with Gasteiger partial charge in [0.2, 0.25) is 10.0 Å². The Morgan fingerprint density at radius 2 is 1.97 bits per heavy atom. The number of cyclic esters (lactones) is 1. The first-order chi connectivity index (χ1) is 13.8. The zero-order chi connectivity index (χ0) is 20.8. The molecule has 1 fully saturated rings. The summed E-state index contributed by atoms with van der Waals surface area (Å²) in [6, 6.07) is 6.92. The molecule has 29 heavy (non-hydrogen) atoms. The van der Waals surface area contributed by atoms with Gasteiger partial charge < -0.3 is 9.84 Å². The second kappa shape index (κ2) is 7.43. The number of para-hydroxylation sites is 1. The highest BCUT2D eigenvalue weighted by Gasteiger charge is 2.38. The summed E-state index contributed by atoms with van der Waals surface area (Å²) < 4.78 is 32.5. The van der Waals surface area contributed by atoms with Crippen LogP contribution in [0.15, 0.2) is 34.5 Å². The van der Waals surface area contributed by atoms with E-state index in [0.717, 1.165) is 28.2 Å². The number of piperidine rings is 1. The van der Waals surface area contributed by atoms with Crippen LogP contribution in [0.25, 0.3) is 0 Å². The summed E-state index contributed by atoms with van der Waals surface area (Å²) in [6.07, 6.45) is 0.461. The molecule has 10 heteroatoms. The van der Waals surface area contributed by atoms with Crippen LogP contribution in [0, 0.1) is 6.92 Å². The number of anilines is 1. The van der Waals surface area contributed by atoms with Gasteiger partial charge in [-0.05, 0) is 36.8 Å². The van der Waals surface area contributed by atoms with Gasteiger partial charge in [0.1, 0.15) is 16.4 Å². The van der Waals surface area contributed by atoms with Crippen molar-refractivity contribution in [2.75, 3.05) is 18.0 Å². The lowest BCUT2D eigenvalue weighted by molar-refractivity contribution is 0.0698. The van der Waals surface area contributed by atoms with Crippen molar-refractivity contribution >= 4 is 39.1 Å². The number of aromatic carboxylic acids is 1. The monoisotopic (exact) mass is 436 g/mol. The fourth-order valence-corrected chi connectivity index (χ4v) is 6.65. The lowest BCUT2D eigenvalue weighted by Crippen LogP contribution is -2.50. The third kappa shape index (κ3) is 3.41. The van der Waals surface area contributed by atoms with Gasteiger partial charge in [-0.3, -0.25) is 4.90 Å². The maximum absolute atomic E-state index is 12.9. The van der Waals surface area contributed by atoms with Gasteiger partial charge >= 0.3 is 12.1 Å². The molecule has 3 heterocycles. The van der Waals surface area contributed by atoms with Crippen molar-refractivity contribution in [3.8, 4) is 0 Å². The van der Waals surface area contributed by atoms with Crippen molar-refractivity contribution in [3.05, 3.63) is 45.6 Å². The zero-order valence-corrected chi connectivity index (χ0v) is 17.3. The van der Waals surface area contributed by atoms with Gasteiger partial charge in [0.25, 0.3) is 0 Å². The van der Waals surface area contributed by atoms with Crippen molar-refractivity contribution in [2.24, 2.45) is 0 Å². The molecule has 0 bridgehead atoms. The summed E-state index contributed by atoms with van der Waals surface area (Å²) >= 11 is 0.891. The SMILES string of the molecule is Cc1cccc2c1N(C1CCN(S(=O)(=O)c3ccsc3C(=O)O)CC1)C(=O)OC2. The molecule has 2 aliphatic rings. The largest absolute Gasteiger partial charge is 0.477 e. The van der Waals surface area contributed by atoms with E-state index in [4.69, 9.17) is 4.74 Å². The highest BCUT2D eigenvalue weighted by Crippen LogP contribution is 2.35. The van der Waals surface area contributed by atoms with Crippen LogP contribution in [0.5, 0.6) is 0 Å². The van der Waals surface area contributed by atoms with Crippen LogP contribution in [0.2, 0.25) is 0 Å². The number of thiophene rings is 1. The molecule has 1 saturated heterocycles. The van der Waals surface area contributed by atoms with Gasteiger partial charge in [-0.15, -0.1) is 11.3 Å². The van der Waals surface area contributed by atoms with Crippen molar-refractivity contribution in [2.45, 2.75) is 37.3 Å². The van der Waals surface area contributed by atoms with Crippen LogP contribution in [-0.2, 0) is 21.4 Å². The van der Waals surface area contributed by atoms with E-state index < -0.39 is 22.1 Å². The van der Waals surface area contributed by atoms with Gasteiger partial charge in [-0.1, -0.05) is 18.2 Å². The van der Waals surface area contributed by atoms with E-state index in [1.54, 1.807) is 4.90 Å². The quantitative estimate of drug-likeness (QED) is 0.790. The van der Waals surface area contributed by atoms with E-state index in [0.29, 0.717) is 12.8 Å². The van der Waals surface area contributed by atoms with E-state index in [9.17, 15) is 23.1 Å². The number of hydrogen-bond acceptors (Lipinski definition) is 6. The van der Waals surface area contributed by atoms with Gasteiger partial charge in [0.15, 0.2) is 0 Å². The first-order valence-corrected chi connectivity index (χ1v) is 11.5. The normalized spacial score (nSPS) is 18.4. The van der Waals surface area contributed by atoms with Gasteiger partial charge in [0.05, 0.1) is 5.69 Å². The van der Waals surface area contributed by atoms with Crippen molar-refractivity contribution in [1.29, 1.82) is 0 Å². The molecule has 1 amide bonds. The minimum absolute atomic E-state index is 0.174. The number of carboxylic acid groups (broad SMARTS) is 1. The molecule has 2 aromatic rings. The van der Waals surface area contributed by atoms with E-state index in [1.165, 1.54) is 15.8 Å². The summed E-state index contributed by atoms with van der Waals surface area (Å²) in [7, 11) is -3.90. The molecule has 1 N–H and O–H groups in total. The Morgan fingerprint density at radius 1 is 1.24 bits per heavy atom. The fourth-order valence-electron chi connectivity index (χ4n) is 3.95. The number of ether oxygens (including phenoxy) is 1. The minimum atomic E-state index is -3.90. The van der Waals surface area contributed by atoms with E-state index >= 15 is 0 Å². The number of aryl methyl sites for hydroxylation is 1. The standard InChI is InChI=1S/C19H20N2O6S2/c1-12-3-2-4-13-11-27-19(24)21(16(12)13)14-5-8-20(9-6-14)29(25,26)15-7-10-28-17(15)18(22)23/h2-4,7,10,14H,5-6,8-9,11H2,1H3,(H,22,23). The maximum Gasteiger partial charge on any atom is 0.414 e. The number of carbonyl (C=O) groups is 2. The predicted molar refractivity (Wildman–Crippen MR) is 107 cm³/mol. The third-order valence-electron chi connectivity index (χ3n) is 5.34. The average molecular weight is 437 g/mol. The number of fused-ring (bicyclic) bond motifs is 1. The molecular formula is C19H20N2O6S2. The smallest absolute Gasteiger partial charge is 0.414 e. The molecule has 154 valence electrons. The number of carboxylic acids is 1. The second-order valence-corrected chi connectivity index (χ2v) is 9.88. The highest BCUT2D eigenvalue weighted by molar-refractivity contribution is 7.89. The van der Waals surface area contributed by atoms with Crippen molar-refractivity contribution in [3.63, 3.8) is 0 Å². The Balaban J connectivity index is 1.56. The Labute approximate surface area is 172 Å². The first-order valence-electron chi connectivity index (χ1n) is 9.16. The number of benzene rings is 1. The Bertz CT molecular complexity index is 1070. The molecule has 0 unspecified atom stereocenters. The molecule has 4 rings (SSSR count). The van der Waals surface area contributed by atoms with E-state index in [-0.39, 0.29) is 35.5 Å². The highest BCUT2D eigenvalue weighted by atomic mass is 32.2. The number of rotatable bonds is 4. The molecule has 0 atom stereocenters. The molecule has 8 nitrogen and oxygen atoms in total. The summed E-state index contributed by atoms with van der Waals surface area (Å²) in [5.41, 5.74) is 2.75. The van der Waals surface area contributed by atoms with Crippen LogP contribution in [0.3, 0.4) is 0 Å². The molecule has 0 radical (unpaired) electrons. The maximum atomic E-state index is 12.9. The number of nitrogens with zero attached hydrogens (tertiary/aromatic N) is 2. The second-order valence-electron chi connectivity index (χ2n) is 7.06. The van der Waals surface area contributed by atoms with Crippen LogP contribution < -0.4 is 4.90 Å². The Kier molecular flexibility index (Phi) is 5.09. The van der Waals surface area contributed by atoms with E-state index in [2.05, 4.69) is 0 Å². The Hall–Kier alpha value is -2.43. The van der Waals surface area contributed by atoms with Crippen molar-refractivity contribution < 1.29 is 27.9 Å². The molecule has 1 aromatic carbocycles. The minimum Gasteiger partial charge on any atom is -0.477 e. The number of sulfonamides is 1. The summed E-state index contributed by atoms with van der Waals surface area (Å²) in [6.45, 7) is 2.57. The lowest BCUT2D eigenvalue weighted by Gasteiger charge is -2.40. The van der Waals surface area contributed by atoms with Gasteiger partial charge in [0, 0.05) is 24.7 Å². The molecule has 1 aromatic heterocycles. The lowest BCUT2D eigenvalue weighted by atomic mass is 10.00. The van der Waals surface area contributed by atoms with Crippen LogP contribution >= 0.6 is 11.3 Å². The summed E-state index contributed by atoms with van der Waals surface area (Å²) in [4.78, 5) is 25.1. The van der Waals surface area contributed by atoms with Gasteiger partial charge in [-0.2, -0.15) is 4.31 Å². The fraction of sp³-hybridized carbons (Fsp3) is 0.368. The third-order valence-corrected chi connectivity index (χ3v) is 8.31.